The Hall–Kier alpha value is -0.530. The minimum atomic E-state index is 0.0417. The molecule has 0 saturated carbocycles. The highest BCUT2D eigenvalue weighted by Crippen LogP contribution is 1.82. The molecule has 0 N–H and O–H groups in total. The van der Waals surface area contributed by atoms with Gasteiger partial charge in [0.1, 0.15) is 0 Å². The van der Waals surface area contributed by atoms with Crippen LogP contribution in [0, 0.1) is 0 Å². The maximum absolute atomic E-state index is 9.39. The molecule has 0 amide bonds. The molecule has 4 heavy (non-hydrogen) atoms. The van der Waals surface area contributed by atoms with Crippen LogP contribution in [-0.4, -0.2) is 12.4 Å². The van der Waals surface area contributed by atoms with Gasteiger partial charge < -0.3 is 5.11 Å². The second-order valence-electron chi connectivity index (χ2n) is 0.710. The molecule has 0 aromatic heterocycles. The van der Waals surface area contributed by atoms with Gasteiger partial charge in [-0.15, -0.1) is 0 Å². The summed E-state index contributed by atoms with van der Waals surface area (Å²) in [7, 11) is 0. The summed E-state index contributed by atoms with van der Waals surface area (Å²) in [4.78, 5) is 3.26. The van der Waals surface area contributed by atoms with E-state index in [-0.39, 0.29) is 5.90 Å². The molecule has 2 nitrogen and oxygen atoms in total. The third-order valence-corrected chi connectivity index (χ3v) is 0.287. The molecule has 0 radical (unpaired) electrons. The van der Waals surface area contributed by atoms with Crippen LogP contribution in [0.4, 0.5) is 0 Å². The van der Waals surface area contributed by atoms with E-state index in [2.05, 4.69) is 4.99 Å². The molecule has 0 aromatic carbocycles. The first-order chi connectivity index (χ1) is 1.89. The van der Waals surface area contributed by atoms with Crippen LogP contribution >= 0.6 is 0 Å². The summed E-state index contributed by atoms with van der Waals surface area (Å²) < 4.78 is 0. The van der Waals surface area contributed by atoms with Crippen molar-refractivity contribution in [3.8, 4) is 0 Å². The molecule has 0 fully saturated rings. The Morgan fingerprint density at radius 1 is 2.00 bits per heavy atom. The minimum Gasteiger partial charge on any atom is -0.861 e. The smallest absolute Gasteiger partial charge is 0.0656 e. The Morgan fingerprint density at radius 2 is 2.25 bits per heavy atom. The van der Waals surface area contributed by atoms with Crippen molar-refractivity contribution >= 4 is 5.90 Å². The first-order valence-corrected chi connectivity index (χ1v) is 1.10. The fraction of sp³-hybridized carbons (Fsp3) is 0.500. The molecular formula is C2H2NO-. The summed E-state index contributed by atoms with van der Waals surface area (Å²) in [5, 5.41) is 9.39. The SMILES string of the molecule is [O-]C1=NC1. The first kappa shape index (κ1) is 1.76. The van der Waals surface area contributed by atoms with Crippen molar-refractivity contribution in [3.63, 3.8) is 0 Å². The third-order valence-electron chi connectivity index (χ3n) is 0.287. The zero-order chi connectivity index (χ0) is 2.99. The van der Waals surface area contributed by atoms with Crippen molar-refractivity contribution in [3.05, 3.63) is 0 Å². The van der Waals surface area contributed by atoms with Crippen LogP contribution in [0.25, 0.3) is 0 Å². The lowest BCUT2D eigenvalue weighted by molar-refractivity contribution is -0.207. The molecule has 1 aliphatic heterocycles. The molecular weight excluding hydrogens is 54.0 g/mol. The Bertz CT molecular complexity index is 57.1. The van der Waals surface area contributed by atoms with Gasteiger partial charge in [-0.2, -0.15) is 0 Å². The van der Waals surface area contributed by atoms with E-state index in [0.717, 1.165) is 0 Å². The molecule has 0 aromatic rings. The van der Waals surface area contributed by atoms with E-state index in [0.29, 0.717) is 6.54 Å². The van der Waals surface area contributed by atoms with Crippen molar-refractivity contribution in [2.45, 2.75) is 0 Å². The zero-order valence-electron chi connectivity index (χ0n) is 2.06. The fourth-order valence-electron chi connectivity index (χ4n) is 0.0323. The lowest BCUT2D eigenvalue weighted by atomic mass is 10.9. The van der Waals surface area contributed by atoms with Crippen molar-refractivity contribution in [2.24, 2.45) is 4.99 Å². The number of rotatable bonds is 0. The lowest BCUT2D eigenvalue weighted by Crippen LogP contribution is -2.03. The van der Waals surface area contributed by atoms with Gasteiger partial charge in [-0.1, -0.05) is 0 Å². The molecule has 1 rings (SSSR count). The van der Waals surface area contributed by atoms with Gasteiger partial charge in [-0.25, -0.2) is 0 Å². The van der Waals surface area contributed by atoms with E-state index >= 15 is 0 Å². The Labute approximate surface area is 23.8 Å². The first-order valence-electron chi connectivity index (χ1n) is 1.10. The maximum Gasteiger partial charge on any atom is 0.0656 e. The summed E-state index contributed by atoms with van der Waals surface area (Å²) in [5.41, 5.74) is 0. The Balaban J connectivity index is 2.54. The predicted molar refractivity (Wildman–Crippen MR) is 12.3 cm³/mol. The van der Waals surface area contributed by atoms with Crippen LogP contribution in [0.2, 0.25) is 0 Å². The van der Waals surface area contributed by atoms with Crippen LogP contribution in [-0.2, 0) is 0 Å². The lowest BCUT2D eigenvalue weighted by Gasteiger charge is -1.74. The molecule has 1 heterocycles. The van der Waals surface area contributed by atoms with Crippen LogP contribution in [0.3, 0.4) is 0 Å². The summed E-state index contributed by atoms with van der Waals surface area (Å²) in [5.74, 6) is 0.0417. The summed E-state index contributed by atoms with van der Waals surface area (Å²) >= 11 is 0. The highest BCUT2D eigenvalue weighted by molar-refractivity contribution is 5.85. The van der Waals surface area contributed by atoms with Crippen molar-refractivity contribution in [2.75, 3.05) is 6.54 Å². The van der Waals surface area contributed by atoms with Crippen molar-refractivity contribution in [1.29, 1.82) is 0 Å². The third kappa shape index (κ3) is 0.0532. The molecule has 0 atom stereocenters. The second kappa shape index (κ2) is 0.267. The van der Waals surface area contributed by atoms with Crippen molar-refractivity contribution < 1.29 is 5.11 Å². The molecule has 2 heteroatoms. The van der Waals surface area contributed by atoms with Gasteiger partial charge in [-0.05, 0) is 5.90 Å². The fourth-order valence-corrected chi connectivity index (χ4v) is 0.0323. The molecule has 22 valence electrons. The van der Waals surface area contributed by atoms with E-state index in [1.54, 1.807) is 0 Å². The quantitative estimate of drug-likeness (QED) is 0.342. The minimum absolute atomic E-state index is 0.0417. The summed E-state index contributed by atoms with van der Waals surface area (Å²) in [6.07, 6.45) is 0. The Morgan fingerprint density at radius 3 is 2.25 bits per heavy atom. The van der Waals surface area contributed by atoms with Crippen molar-refractivity contribution in [1.82, 2.24) is 0 Å². The van der Waals surface area contributed by atoms with Crippen LogP contribution in [0.15, 0.2) is 4.99 Å². The van der Waals surface area contributed by atoms with Gasteiger partial charge >= 0.3 is 0 Å². The van der Waals surface area contributed by atoms with E-state index in [1.165, 1.54) is 0 Å². The van der Waals surface area contributed by atoms with Gasteiger partial charge in [0.25, 0.3) is 0 Å². The molecule has 0 bridgehead atoms. The van der Waals surface area contributed by atoms with E-state index in [9.17, 15) is 5.11 Å². The van der Waals surface area contributed by atoms with Gasteiger partial charge in [0.2, 0.25) is 0 Å². The highest BCUT2D eigenvalue weighted by Gasteiger charge is 1.88. The van der Waals surface area contributed by atoms with Gasteiger partial charge in [0.15, 0.2) is 0 Å². The van der Waals surface area contributed by atoms with E-state index < -0.39 is 0 Å². The highest BCUT2D eigenvalue weighted by atomic mass is 16.3. The maximum atomic E-state index is 9.39. The standard InChI is InChI=1S/C2H3NO/c4-2-1-3-2/h1H2,(H,3,4)/p-1. The number of hydrogen-bond donors (Lipinski definition) is 0. The number of nitrogens with zero attached hydrogens (tertiary/aromatic N) is 1. The predicted octanol–water partition coefficient (Wildman–Crippen LogP) is -1.24. The van der Waals surface area contributed by atoms with Gasteiger partial charge in [0.05, 0.1) is 6.54 Å². The summed E-state index contributed by atoms with van der Waals surface area (Å²) in [6, 6.07) is 0. The average Bonchev–Trinajstić information content (AvgIpc) is 1.75. The van der Waals surface area contributed by atoms with Crippen LogP contribution < -0.4 is 5.11 Å². The molecule has 1 aliphatic rings. The monoisotopic (exact) mass is 56.0 g/mol. The number of aliphatic imine (C=N–C) groups is 1. The molecule has 0 saturated heterocycles. The van der Waals surface area contributed by atoms with Crippen LogP contribution in [0.1, 0.15) is 0 Å². The normalized spacial score (nSPS) is 19.5. The largest absolute Gasteiger partial charge is 0.861 e. The van der Waals surface area contributed by atoms with E-state index in [4.69, 9.17) is 0 Å². The Kier molecular flexibility index (Phi) is 0.117. The van der Waals surface area contributed by atoms with Gasteiger partial charge in [-0.3, -0.25) is 4.99 Å². The second-order valence-corrected chi connectivity index (χ2v) is 0.710. The molecule has 0 spiro atoms. The van der Waals surface area contributed by atoms with E-state index in [1.807, 2.05) is 0 Å². The van der Waals surface area contributed by atoms with Crippen LogP contribution in [0.5, 0.6) is 0 Å². The molecule has 0 aliphatic carbocycles. The number of hydrogen-bond acceptors (Lipinski definition) is 2. The summed E-state index contributed by atoms with van der Waals surface area (Å²) in [6.45, 7) is 0.472. The van der Waals surface area contributed by atoms with Gasteiger partial charge in [0, 0.05) is 0 Å². The molecule has 0 unspecified atom stereocenters. The topological polar surface area (TPSA) is 35.4 Å². The average molecular weight is 56.0 g/mol. The zero-order valence-corrected chi connectivity index (χ0v) is 2.06.